The summed E-state index contributed by atoms with van der Waals surface area (Å²) < 4.78 is 15.8. The van der Waals surface area contributed by atoms with Gasteiger partial charge in [0, 0.05) is 47.8 Å². The lowest BCUT2D eigenvalue weighted by Crippen LogP contribution is -2.41. The molecule has 0 N–H and O–H groups in total. The first-order chi connectivity index (χ1) is 16.4. The fourth-order valence-corrected chi connectivity index (χ4v) is 4.42. The van der Waals surface area contributed by atoms with Crippen molar-refractivity contribution in [2.24, 2.45) is 0 Å². The molecule has 1 aliphatic heterocycles. The van der Waals surface area contributed by atoms with E-state index in [-0.39, 0.29) is 28.6 Å². The molecule has 1 aromatic carbocycles. The van der Waals surface area contributed by atoms with Gasteiger partial charge in [-0.15, -0.1) is 0 Å². The van der Waals surface area contributed by atoms with Crippen molar-refractivity contribution in [3.05, 3.63) is 70.4 Å². The molecule has 0 spiro atoms. The predicted molar refractivity (Wildman–Crippen MR) is 125 cm³/mol. The van der Waals surface area contributed by atoms with Gasteiger partial charge in [0.1, 0.15) is 0 Å². The zero-order chi connectivity index (χ0) is 24.4. The largest absolute Gasteiger partial charge is 0.489 e. The summed E-state index contributed by atoms with van der Waals surface area (Å²) in [4.78, 5) is 45.9. The number of carbonyl (C=O) groups is 3. The third-order valence-corrected chi connectivity index (χ3v) is 6.07. The van der Waals surface area contributed by atoms with Gasteiger partial charge in [0.05, 0.1) is 27.4 Å². The second-order valence-electron chi connectivity index (χ2n) is 8.09. The van der Waals surface area contributed by atoms with Crippen molar-refractivity contribution in [3.8, 4) is 11.1 Å². The van der Waals surface area contributed by atoms with Crippen molar-refractivity contribution < 1.29 is 28.6 Å². The molecular weight excluding hydrogens is 436 g/mol. The van der Waals surface area contributed by atoms with E-state index in [9.17, 15) is 14.4 Å². The Hall–Kier alpha value is -3.78. The van der Waals surface area contributed by atoms with Crippen LogP contribution in [0.2, 0.25) is 0 Å². The summed E-state index contributed by atoms with van der Waals surface area (Å²) in [5.41, 5.74) is 3.65. The summed E-state index contributed by atoms with van der Waals surface area (Å²) >= 11 is 0. The number of hydrogen-bond donors (Lipinski definition) is 0. The second-order valence-corrected chi connectivity index (χ2v) is 8.09. The number of allylic oxidation sites excluding steroid dienone is 2. The van der Waals surface area contributed by atoms with Crippen LogP contribution in [0.25, 0.3) is 16.7 Å². The highest BCUT2D eigenvalue weighted by Gasteiger charge is 2.36. The van der Waals surface area contributed by atoms with E-state index < -0.39 is 11.6 Å². The van der Waals surface area contributed by atoms with Crippen molar-refractivity contribution in [3.63, 3.8) is 0 Å². The molecule has 8 heteroatoms. The molecule has 0 atom stereocenters. The SMILES string of the molecule is COC1=C(OC)C(=O)C(c2cc(C)c(-c3cccnc3)c(C(=O)N3CCOCC3)c2)=C(C)C1=O. The van der Waals surface area contributed by atoms with E-state index in [0.717, 1.165) is 16.7 Å². The quantitative estimate of drug-likeness (QED) is 0.631. The van der Waals surface area contributed by atoms with Crippen LogP contribution in [0.3, 0.4) is 0 Å². The molecule has 0 unspecified atom stereocenters. The third-order valence-electron chi connectivity index (χ3n) is 6.07. The third kappa shape index (κ3) is 4.01. The van der Waals surface area contributed by atoms with Crippen LogP contribution in [0.4, 0.5) is 0 Å². The van der Waals surface area contributed by atoms with Crippen molar-refractivity contribution in [2.45, 2.75) is 13.8 Å². The van der Waals surface area contributed by atoms with Crippen LogP contribution in [-0.4, -0.2) is 67.9 Å². The molecule has 0 saturated carbocycles. The topological polar surface area (TPSA) is 95.0 Å². The number of carbonyl (C=O) groups excluding carboxylic acids is 3. The molecule has 4 rings (SSSR count). The van der Waals surface area contributed by atoms with Crippen molar-refractivity contribution in [1.82, 2.24) is 9.88 Å². The van der Waals surface area contributed by atoms with Gasteiger partial charge in [0.2, 0.25) is 23.1 Å². The molecule has 2 aromatic rings. The van der Waals surface area contributed by atoms with E-state index in [4.69, 9.17) is 14.2 Å². The zero-order valence-corrected chi connectivity index (χ0v) is 19.6. The molecule has 2 heterocycles. The maximum atomic E-state index is 13.7. The first-order valence-electron chi connectivity index (χ1n) is 10.9. The number of amides is 1. The molecule has 8 nitrogen and oxygen atoms in total. The lowest BCUT2D eigenvalue weighted by atomic mass is 9.84. The lowest BCUT2D eigenvalue weighted by Gasteiger charge is -2.28. The Kier molecular flexibility index (Phi) is 6.61. The highest BCUT2D eigenvalue weighted by Crippen LogP contribution is 2.36. The number of rotatable bonds is 5. The minimum atomic E-state index is -0.463. The van der Waals surface area contributed by atoms with E-state index >= 15 is 0 Å². The average molecular weight is 463 g/mol. The van der Waals surface area contributed by atoms with Gasteiger partial charge in [-0.2, -0.15) is 0 Å². The van der Waals surface area contributed by atoms with E-state index in [2.05, 4.69) is 4.98 Å². The van der Waals surface area contributed by atoms with Gasteiger partial charge in [-0.1, -0.05) is 12.1 Å². The number of aryl methyl sites for hydroxylation is 1. The Morgan fingerprint density at radius 3 is 2.29 bits per heavy atom. The van der Waals surface area contributed by atoms with Crippen molar-refractivity contribution in [2.75, 3.05) is 40.5 Å². The molecule has 1 amide bonds. The average Bonchev–Trinajstić information content (AvgIpc) is 2.86. The Morgan fingerprint density at radius 2 is 1.68 bits per heavy atom. The highest BCUT2D eigenvalue weighted by molar-refractivity contribution is 6.38. The van der Waals surface area contributed by atoms with Crippen molar-refractivity contribution >= 4 is 23.0 Å². The van der Waals surface area contributed by atoms with Crippen LogP contribution in [0.15, 0.2) is 53.8 Å². The van der Waals surface area contributed by atoms with Crippen LogP contribution in [0.1, 0.15) is 28.4 Å². The second kappa shape index (κ2) is 9.61. The minimum Gasteiger partial charge on any atom is -0.489 e. The molecule has 0 bridgehead atoms. The van der Waals surface area contributed by atoms with Gasteiger partial charge in [0.25, 0.3) is 5.91 Å². The monoisotopic (exact) mass is 462 g/mol. The van der Waals surface area contributed by atoms with Crippen LogP contribution in [0, 0.1) is 6.92 Å². The van der Waals surface area contributed by atoms with Crippen LogP contribution >= 0.6 is 0 Å². The van der Waals surface area contributed by atoms with Gasteiger partial charge >= 0.3 is 0 Å². The Morgan fingerprint density at radius 1 is 1.00 bits per heavy atom. The normalized spacial score (nSPS) is 16.8. The van der Waals surface area contributed by atoms with Gasteiger partial charge in [-0.25, -0.2) is 0 Å². The molecule has 1 fully saturated rings. The molecule has 1 aliphatic carbocycles. The fraction of sp³-hybridized carbons (Fsp3) is 0.308. The number of nitrogens with zero attached hydrogens (tertiary/aromatic N) is 2. The number of ketones is 2. The molecular formula is C26H26N2O6. The summed E-state index contributed by atoms with van der Waals surface area (Å²) in [6.45, 7) is 5.33. The number of methoxy groups -OCH3 is 2. The number of ether oxygens (including phenoxy) is 3. The molecule has 176 valence electrons. The van der Waals surface area contributed by atoms with E-state index in [0.29, 0.717) is 37.4 Å². The molecule has 0 radical (unpaired) electrons. The Labute approximate surface area is 197 Å². The maximum Gasteiger partial charge on any atom is 0.254 e. The van der Waals surface area contributed by atoms with E-state index in [1.807, 2.05) is 25.1 Å². The smallest absolute Gasteiger partial charge is 0.254 e. The fourth-order valence-electron chi connectivity index (χ4n) is 4.42. The van der Waals surface area contributed by atoms with Gasteiger partial charge in [0.15, 0.2) is 0 Å². The molecule has 1 aromatic heterocycles. The molecule has 1 saturated heterocycles. The summed E-state index contributed by atoms with van der Waals surface area (Å²) in [5, 5.41) is 0. The standard InChI is InChI=1S/C26H26N2O6/c1-15-12-18(21-16(2)22(29)24(32-3)25(33-4)23(21)30)13-19(20(15)17-6-5-7-27-14-17)26(31)28-8-10-34-11-9-28/h5-7,12-14H,8-11H2,1-4H3. The summed E-state index contributed by atoms with van der Waals surface area (Å²) in [6.07, 6.45) is 3.37. The number of aromatic nitrogens is 1. The Bertz CT molecular complexity index is 1220. The van der Waals surface area contributed by atoms with E-state index in [1.165, 1.54) is 14.2 Å². The molecule has 2 aliphatic rings. The predicted octanol–water partition coefficient (Wildman–Crippen LogP) is 2.96. The number of pyridine rings is 1. The minimum absolute atomic E-state index is 0.123. The first kappa shape index (κ1) is 23.4. The van der Waals surface area contributed by atoms with Gasteiger partial charge in [-0.05, 0) is 42.7 Å². The number of hydrogen-bond acceptors (Lipinski definition) is 7. The summed E-state index contributed by atoms with van der Waals surface area (Å²) in [5.74, 6) is -1.33. The number of benzene rings is 1. The summed E-state index contributed by atoms with van der Waals surface area (Å²) in [6, 6.07) is 7.20. The van der Waals surface area contributed by atoms with Gasteiger partial charge in [-0.3, -0.25) is 19.4 Å². The highest BCUT2D eigenvalue weighted by atomic mass is 16.5. The maximum absolute atomic E-state index is 13.7. The van der Waals surface area contributed by atoms with Gasteiger partial charge < -0.3 is 19.1 Å². The Balaban J connectivity index is 1.91. The first-order valence-corrected chi connectivity index (χ1v) is 10.9. The van der Waals surface area contributed by atoms with Crippen LogP contribution in [0.5, 0.6) is 0 Å². The van der Waals surface area contributed by atoms with Crippen LogP contribution in [-0.2, 0) is 23.8 Å². The zero-order valence-electron chi connectivity index (χ0n) is 19.6. The lowest BCUT2D eigenvalue weighted by molar-refractivity contribution is -0.119. The van der Waals surface area contributed by atoms with Crippen molar-refractivity contribution in [1.29, 1.82) is 0 Å². The summed E-state index contributed by atoms with van der Waals surface area (Å²) in [7, 11) is 2.64. The van der Waals surface area contributed by atoms with Crippen LogP contribution < -0.4 is 0 Å². The number of Topliss-reactive ketones (excluding diaryl/α,β-unsaturated/α-hetero) is 2. The number of morpholine rings is 1. The molecule has 34 heavy (non-hydrogen) atoms. The van der Waals surface area contributed by atoms with E-state index in [1.54, 1.807) is 30.3 Å².